The van der Waals surface area contributed by atoms with E-state index >= 15 is 0 Å². The normalized spacial score (nSPS) is 15.3. The molecule has 1 fully saturated rings. The maximum atomic E-state index is 13.1. The smallest absolute Gasteiger partial charge is 0.257 e. The molecule has 3 aromatic rings. The lowest BCUT2D eigenvalue weighted by Crippen LogP contribution is -2.50. The molecule has 0 spiro atoms. The fraction of sp³-hybridized carbons (Fsp3) is 0.273. The summed E-state index contributed by atoms with van der Waals surface area (Å²) in [6.07, 6.45) is 1.58. The molecule has 31 heavy (non-hydrogen) atoms. The molecule has 1 saturated heterocycles. The van der Waals surface area contributed by atoms with Crippen molar-refractivity contribution >= 4 is 27.5 Å². The van der Waals surface area contributed by atoms with Gasteiger partial charge < -0.3 is 4.90 Å². The molecule has 1 aliphatic rings. The van der Waals surface area contributed by atoms with Crippen LogP contribution < -0.4 is 0 Å². The van der Waals surface area contributed by atoms with Crippen molar-refractivity contribution in [1.29, 1.82) is 0 Å². The van der Waals surface area contributed by atoms with Crippen molar-refractivity contribution in [2.24, 2.45) is 0 Å². The summed E-state index contributed by atoms with van der Waals surface area (Å²) in [4.78, 5) is 14.9. The van der Waals surface area contributed by atoms with Gasteiger partial charge in [-0.1, -0.05) is 35.9 Å². The van der Waals surface area contributed by atoms with E-state index in [1.807, 2.05) is 38.1 Å². The van der Waals surface area contributed by atoms with Crippen molar-refractivity contribution in [3.8, 4) is 5.69 Å². The van der Waals surface area contributed by atoms with Crippen molar-refractivity contribution in [1.82, 2.24) is 19.0 Å². The van der Waals surface area contributed by atoms with Crippen LogP contribution in [0.2, 0.25) is 5.02 Å². The highest BCUT2D eigenvalue weighted by Gasteiger charge is 2.32. The van der Waals surface area contributed by atoms with Crippen molar-refractivity contribution in [2.45, 2.75) is 18.7 Å². The minimum atomic E-state index is -3.70. The van der Waals surface area contributed by atoms with Gasteiger partial charge in [0.1, 0.15) is 4.90 Å². The zero-order valence-electron chi connectivity index (χ0n) is 17.3. The molecule has 1 aliphatic heterocycles. The van der Waals surface area contributed by atoms with E-state index in [1.165, 1.54) is 10.4 Å². The quantitative estimate of drug-likeness (QED) is 0.601. The van der Waals surface area contributed by atoms with Crippen LogP contribution in [0.15, 0.2) is 59.6 Å². The number of hydrogen-bond acceptors (Lipinski definition) is 4. The van der Waals surface area contributed by atoms with E-state index < -0.39 is 10.0 Å². The zero-order valence-corrected chi connectivity index (χ0v) is 18.9. The van der Waals surface area contributed by atoms with Crippen molar-refractivity contribution in [2.75, 3.05) is 26.2 Å². The molecule has 162 valence electrons. The van der Waals surface area contributed by atoms with Crippen molar-refractivity contribution < 1.29 is 13.2 Å². The van der Waals surface area contributed by atoms with Crippen molar-refractivity contribution in [3.63, 3.8) is 0 Å². The second-order valence-electron chi connectivity index (χ2n) is 7.52. The first-order valence-corrected chi connectivity index (χ1v) is 11.8. The average molecular weight is 459 g/mol. The minimum Gasteiger partial charge on any atom is -0.336 e. The lowest BCUT2D eigenvalue weighted by atomic mass is 10.2. The third-order valence-electron chi connectivity index (χ3n) is 5.47. The Morgan fingerprint density at radius 3 is 2.39 bits per heavy atom. The molecule has 0 aliphatic carbocycles. The SMILES string of the molecule is Cc1cccc(-n2ncc(C(=O)N3CCN(S(=O)(=O)c4ccccc4Cl)CC3)c2C)c1. The van der Waals surface area contributed by atoms with Gasteiger partial charge >= 0.3 is 0 Å². The number of hydrogen-bond donors (Lipinski definition) is 0. The first-order chi connectivity index (χ1) is 14.8. The second kappa shape index (κ2) is 8.45. The fourth-order valence-electron chi connectivity index (χ4n) is 3.73. The van der Waals surface area contributed by atoms with E-state index in [2.05, 4.69) is 5.10 Å². The molecule has 1 amide bonds. The summed E-state index contributed by atoms with van der Waals surface area (Å²) in [6, 6.07) is 14.3. The molecule has 0 bridgehead atoms. The number of carbonyl (C=O) groups is 1. The third kappa shape index (κ3) is 4.11. The number of piperazine rings is 1. The Labute approximate surface area is 186 Å². The van der Waals surface area contributed by atoms with Gasteiger partial charge in [-0.3, -0.25) is 4.79 Å². The van der Waals surface area contributed by atoms with Crippen LogP contribution in [0.4, 0.5) is 0 Å². The first-order valence-electron chi connectivity index (χ1n) is 9.94. The molecule has 0 saturated carbocycles. The monoisotopic (exact) mass is 458 g/mol. The number of aryl methyl sites for hydroxylation is 1. The van der Waals surface area contributed by atoms with E-state index in [4.69, 9.17) is 11.6 Å². The van der Waals surface area contributed by atoms with E-state index in [0.29, 0.717) is 18.7 Å². The summed E-state index contributed by atoms with van der Waals surface area (Å²) in [5, 5.41) is 4.59. The van der Waals surface area contributed by atoms with Gasteiger partial charge in [-0.15, -0.1) is 0 Å². The largest absolute Gasteiger partial charge is 0.336 e. The predicted molar refractivity (Wildman–Crippen MR) is 119 cm³/mol. The van der Waals surface area contributed by atoms with Gasteiger partial charge in [0.15, 0.2) is 0 Å². The van der Waals surface area contributed by atoms with Crippen LogP contribution in [0.25, 0.3) is 5.69 Å². The van der Waals surface area contributed by atoms with E-state index in [-0.39, 0.29) is 28.9 Å². The Bertz CT molecular complexity index is 1230. The van der Waals surface area contributed by atoms with E-state index in [1.54, 1.807) is 34.0 Å². The van der Waals surface area contributed by atoms with Crippen LogP contribution in [-0.2, 0) is 10.0 Å². The molecule has 0 N–H and O–H groups in total. The summed E-state index contributed by atoms with van der Waals surface area (Å²) < 4.78 is 29.0. The second-order valence-corrected chi connectivity index (χ2v) is 9.83. The summed E-state index contributed by atoms with van der Waals surface area (Å²) in [6.45, 7) is 4.90. The van der Waals surface area contributed by atoms with Crippen LogP contribution in [0, 0.1) is 13.8 Å². The Morgan fingerprint density at radius 1 is 1.00 bits per heavy atom. The summed E-state index contributed by atoms with van der Waals surface area (Å²) in [5.41, 5.74) is 3.27. The van der Waals surface area contributed by atoms with Crippen LogP contribution >= 0.6 is 11.6 Å². The summed E-state index contributed by atoms with van der Waals surface area (Å²) >= 11 is 6.09. The topological polar surface area (TPSA) is 75.5 Å². The molecule has 7 nitrogen and oxygen atoms in total. The molecule has 0 atom stereocenters. The number of nitrogens with zero attached hydrogens (tertiary/aromatic N) is 4. The predicted octanol–water partition coefficient (Wildman–Crippen LogP) is 3.29. The molecule has 9 heteroatoms. The number of sulfonamides is 1. The number of halogens is 1. The van der Waals surface area contributed by atoms with Gasteiger partial charge in [0.05, 0.1) is 28.2 Å². The fourth-order valence-corrected chi connectivity index (χ4v) is 5.65. The maximum absolute atomic E-state index is 13.1. The number of amides is 1. The highest BCUT2D eigenvalue weighted by Crippen LogP contribution is 2.25. The van der Waals surface area contributed by atoms with Gasteiger partial charge in [-0.2, -0.15) is 9.40 Å². The molecule has 0 unspecified atom stereocenters. The zero-order chi connectivity index (χ0) is 22.2. The number of aromatic nitrogens is 2. The third-order valence-corrected chi connectivity index (χ3v) is 7.87. The van der Waals surface area contributed by atoms with Gasteiger partial charge in [0.25, 0.3) is 5.91 Å². The highest BCUT2D eigenvalue weighted by molar-refractivity contribution is 7.89. The van der Waals surface area contributed by atoms with Gasteiger partial charge in [0, 0.05) is 26.2 Å². The summed E-state index contributed by atoms with van der Waals surface area (Å²) in [5.74, 6) is -0.147. The number of benzene rings is 2. The Hall–Kier alpha value is -2.68. The Balaban J connectivity index is 1.49. The van der Waals surface area contributed by atoms with Crippen LogP contribution in [0.1, 0.15) is 21.6 Å². The van der Waals surface area contributed by atoms with Crippen LogP contribution in [-0.4, -0.2) is 59.5 Å². The highest BCUT2D eigenvalue weighted by atomic mass is 35.5. The lowest BCUT2D eigenvalue weighted by molar-refractivity contribution is 0.0697. The van der Waals surface area contributed by atoms with Crippen LogP contribution in [0.3, 0.4) is 0 Å². The van der Waals surface area contributed by atoms with Gasteiger partial charge in [-0.25, -0.2) is 13.1 Å². The Kier molecular flexibility index (Phi) is 5.88. The Morgan fingerprint density at radius 2 is 1.71 bits per heavy atom. The minimum absolute atomic E-state index is 0.0896. The standard InChI is InChI=1S/C22H23ClN4O3S/c1-16-6-5-7-18(14-16)27-17(2)19(15-24-27)22(28)25-10-12-26(13-11-25)31(29,30)21-9-4-3-8-20(21)23/h3-9,14-15H,10-13H2,1-2H3. The first kappa shape index (κ1) is 21.5. The summed E-state index contributed by atoms with van der Waals surface area (Å²) in [7, 11) is -3.70. The average Bonchev–Trinajstić information content (AvgIpc) is 3.15. The van der Waals surface area contributed by atoms with Gasteiger partial charge in [-0.05, 0) is 43.7 Å². The molecular weight excluding hydrogens is 436 g/mol. The molecular formula is C22H23ClN4O3S. The van der Waals surface area contributed by atoms with Gasteiger partial charge in [0.2, 0.25) is 10.0 Å². The van der Waals surface area contributed by atoms with Crippen LogP contribution in [0.5, 0.6) is 0 Å². The molecule has 4 rings (SSSR count). The molecule has 2 aromatic carbocycles. The van der Waals surface area contributed by atoms with E-state index in [9.17, 15) is 13.2 Å². The molecule has 2 heterocycles. The number of carbonyl (C=O) groups excluding carboxylic acids is 1. The number of rotatable bonds is 4. The molecule has 1 aromatic heterocycles. The molecule has 0 radical (unpaired) electrons. The lowest BCUT2D eigenvalue weighted by Gasteiger charge is -2.34. The maximum Gasteiger partial charge on any atom is 0.257 e. The van der Waals surface area contributed by atoms with Crippen molar-refractivity contribution in [3.05, 3.63) is 76.6 Å². The van der Waals surface area contributed by atoms with E-state index in [0.717, 1.165) is 16.9 Å².